The number of hydrogen-bond donors (Lipinski definition) is 2. The molecule has 0 aliphatic carbocycles. The minimum absolute atomic E-state index is 0.0675. The lowest BCUT2D eigenvalue weighted by atomic mass is 10.2. The Hall–Kier alpha value is -1.62. The van der Waals surface area contributed by atoms with Crippen molar-refractivity contribution in [3.05, 3.63) is 23.9 Å². The van der Waals surface area contributed by atoms with Crippen LogP contribution < -0.4 is 10.1 Å². The fourth-order valence-electron chi connectivity index (χ4n) is 1.38. The molecule has 0 aliphatic rings. The van der Waals surface area contributed by atoms with Gasteiger partial charge in [-0.2, -0.15) is 0 Å². The highest BCUT2D eigenvalue weighted by Gasteiger charge is 2.14. The van der Waals surface area contributed by atoms with Gasteiger partial charge < -0.3 is 15.2 Å². The fraction of sp³-hybridized carbons (Fsp3) is 0.500. The Morgan fingerprint density at radius 3 is 3.06 bits per heavy atom. The summed E-state index contributed by atoms with van der Waals surface area (Å²) in [4.78, 5) is 14.9. The highest BCUT2D eigenvalue weighted by atomic mass is 16.5. The lowest BCUT2D eigenvalue weighted by Gasteiger charge is -2.15. The van der Waals surface area contributed by atoms with Crippen molar-refractivity contribution in [1.82, 2.24) is 10.3 Å². The number of aromatic carboxylic acids is 1. The third-order valence-corrected chi connectivity index (χ3v) is 2.29. The number of carboxylic acid groups (broad SMARTS) is 1. The Labute approximate surface area is 101 Å². The molecule has 0 radical (unpaired) electrons. The Kier molecular flexibility index (Phi) is 5.42. The number of pyridine rings is 1. The third kappa shape index (κ3) is 4.40. The number of carbonyl (C=O) groups is 1. The van der Waals surface area contributed by atoms with Crippen LogP contribution in [0, 0.1) is 0 Å². The van der Waals surface area contributed by atoms with Gasteiger partial charge in [-0.1, -0.05) is 6.92 Å². The Morgan fingerprint density at radius 2 is 2.41 bits per heavy atom. The molecule has 0 amide bonds. The average molecular weight is 238 g/mol. The highest BCUT2D eigenvalue weighted by molar-refractivity contribution is 5.90. The van der Waals surface area contributed by atoms with Crippen molar-refractivity contribution in [1.29, 1.82) is 0 Å². The van der Waals surface area contributed by atoms with Gasteiger partial charge in [0.15, 0.2) is 0 Å². The predicted molar refractivity (Wildman–Crippen MR) is 64.4 cm³/mol. The molecule has 0 aromatic carbocycles. The minimum Gasteiger partial charge on any atom is -0.477 e. The van der Waals surface area contributed by atoms with Crippen LogP contribution in [0.4, 0.5) is 0 Å². The lowest BCUT2D eigenvalue weighted by Crippen LogP contribution is -2.22. The minimum atomic E-state index is -1.02. The van der Waals surface area contributed by atoms with Crippen molar-refractivity contribution >= 4 is 5.97 Å². The van der Waals surface area contributed by atoms with Gasteiger partial charge in [0.05, 0.1) is 6.10 Å². The third-order valence-electron chi connectivity index (χ3n) is 2.29. The highest BCUT2D eigenvalue weighted by Crippen LogP contribution is 2.16. The Morgan fingerprint density at radius 1 is 1.65 bits per heavy atom. The SMILES string of the molecule is CCNCCC(C)Oc1ncccc1C(=O)O. The van der Waals surface area contributed by atoms with E-state index in [4.69, 9.17) is 9.84 Å². The fourth-order valence-corrected chi connectivity index (χ4v) is 1.38. The van der Waals surface area contributed by atoms with E-state index in [2.05, 4.69) is 10.3 Å². The van der Waals surface area contributed by atoms with Gasteiger partial charge in [0.25, 0.3) is 0 Å². The van der Waals surface area contributed by atoms with Crippen molar-refractivity contribution in [2.45, 2.75) is 26.4 Å². The summed E-state index contributed by atoms with van der Waals surface area (Å²) >= 11 is 0. The Bertz CT molecular complexity index is 369. The summed E-state index contributed by atoms with van der Waals surface area (Å²) in [5.74, 6) is -0.837. The molecule has 1 heterocycles. The van der Waals surface area contributed by atoms with Crippen molar-refractivity contribution in [2.24, 2.45) is 0 Å². The van der Waals surface area contributed by atoms with E-state index in [-0.39, 0.29) is 17.5 Å². The number of nitrogens with zero attached hydrogens (tertiary/aromatic N) is 1. The van der Waals surface area contributed by atoms with Crippen molar-refractivity contribution in [3.63, 3.8) is 0 Å². The smallest absolute Gasteiger partial charge is 0.341 e. The van der Waals surface area contributed by atoms with Crippen molar-refractivity contribution in [2.75, 3.05) is 13.1 Å². The van der Waals surface area contributed by atoms with E-state index in [9.17, 15) is 4.79 Å². The molecule has 1 atom stereocenters. The maximum atomic E-state index is 10.9. The van der Waals surface area contributed by atoms with Gasteiger partial charge in [-0.3, -0.25) is 0 Å². The maximum Gasteiger partial charge on any atom is 0.341 e. The topological polar surface area (TPSA) is 71.5 Å². The summed E-state index contributed by atoms with van der Waals surface area (Å²) in [7, 11) is 0. The van der Waals surface area contributed by atoms with E-state index < -0.39 is 5.97 Å². The van der Waals surface area contributed by atoms with E-state index >= 15 is 0 Å². The zero-order valence-corrected chi connectivity index (χ0v) is 10.1. The van der Waals surface area contributed by atoms with Gasteiger partial charge in [-0.15, -0.1) is 0 Å². The number of nitrogens with one attached hydrogen (secondary N) is 1. The number of hydrogen-bond acceptors (Lipinski definition) is 4. The van der Waals surface area contributed by atoms with E-state index in [1.807, 2.05) is 13.8 Å². The van der Waals surface area contributed by atoms with E-state index in [0.29, 0.717) is 0 Å². The van der Waals surface area contributed by atoms with E-state index in [1.54, 1.807) is 6.07 Å². The molecular weight excluding hydrogens is 220 g/mol. The maximum absolute atomic E-state index is 10.9. The molecule has 0 fully saturated rings. The first-order valence-electron chi connectivity index (χ1n) is 5.70. The number of carboxylic acids is 1. The molecule has 5 heteroatoms. The standard InChI is InChI=1S/C12H18N2O3/c1-3-13-8-6-9(2)17-11-10(12(15)16)5-4-7-14-11/h4-5,7,9,13H,3,6,8H2,1-2H3,(H,15,16). The summed E-state index contributed by atoms with van der Waals surface area (Å²) in [6, 6.07) is 3.07. The van der Waals surface area contributed by atoms with Gasteiger partial charge in [-0.05, 0) is 38.6 Å². The van der Waals surface area contributed by atoms with E-state index in [1.165, 1.54) is 12.3 Å². The van der Waals surface area contributed by atoms with E-state index in [0.717, 1.165) is 19.5 Å². The second-order valence-electron chi connectivity index (χ2n) is 3.73. The first-order valence-corrected chi connectivity index (χ1v) is 5.70. The van der Waals surface area contributed by atoms with Crippen molar-refractivity contribution in [3.8, 4) is 5.88 Å². The van der Waals surface area contributed by atoms with Crippen LogP contribution in [-0.2, 0) is 0 Å². The summed E-state index contributed by atoms with van der Waals surface area (Å²) < 4.78 is 5.52. The molecular formula is C12H18N2O3. The quantitative estimate of drug-likeness (QED) is 0.705. The molecule has 0 spiro atoms. The summed E-state index contributed by atoms with van der Waals surface area (Å²) in [5.41, 5.74) is 0.0998. The van der Waals surface area contributed by atoms with Crippen molar-refractivity contribution < 1.29 is 14.6 Å². The summed E-state index contributed by atoms with van der Waals surface area (Å²) in [6.45, 7) is 5.69. The zero-order chi connectivity index (χ0) is 12.7. The van der Waals surface area contributed by atoms with Crippen LogP contribution >= 0.6 is 0 Å². The first kappa shape index (κ1) is 13.4. The van der Waals surface area contributed by atoms with Crippen LogP contribution in [0.1, 0.15) is 30.6 Å². The lowest BCUT2D eigenvalue weighted by molar-refractivity contribution is 0.0688. The van der Waals surface area contributed by atoms with Crippen LogP contribution in [-0.4, -0.2) is 35.3 Å². The number of aromatic nitrogens is 1. The second-order valence-corrected chi connectivity index (χ2v) is 3.73. The van der Waals surface area contributed by atoms with Crippen LogP contribution in [0.3, 0.4) is 0 Å². The monoisotopic (exact) mass is 238 g/mol. The van der Waals surface area contributed by atoms with Crippen LogP contribution in [0.5, 0.6) is 5.88 Å². The molecule has 5 nitrogen and oxygen atoms in total. The van der Waals surface area contributed by atoms with Crippen LogP contribution in [0.25, 0.3) is 0 Å². The molecule has 0 aliphatic heterocycles. The van der Waals surface area contributed by atoms with Gasteiger partial charge in [0.1, 0.15) is 5.56 Å². The number of ether oxygens (including phenoxy) is 1. The molecule has 1 aromatic heterocycles. The van der Waals surface area contributed by atoms with Gasteiger partial charge in [0.2, 0.25) is 5.88 Å². The zero-order valence-electron chi connectivity index (χ0n) is 10.1. The molecule has 94 valence electrons. The molecule has 1 rings (SSSR count). The molecule has 0 bridgehead atoms. The molecule has 1 unspecified atom stereocenters. The van der Waals surface area contributed by atoms with Gasteiger partial charge in [-0.25, -0.2) is 9.78 Å². The first-order chi connectivity index (χ1) is 8.15. The normalized spacial score (nSPS) is 12.1. The average Bonchev–Trinajstić information content (AvgIpc) is 2.29. The van der Waals surface area contributed by atoms with Crippen LogP contribution in [0.15, 0.2) is 18.3 Å². The molecule has 0 saturated heterocycles. The largest absolute Gasteiger partial charge is 0.477 e. The summed E-state index contributed by atoms with van der Waals surface area (Å²) in [5, 5.41) is 12.1. The molecule has 0 saturated carbocycles. The molecule has 1 aromatic rings. The second kappa shape index (κ2) is 6.85. The number of rotatable bonds is 7. The Balaban J connectivity index is 2.58. The van der Waals surface area contributed by atoms with Gasteiger partial charge in [0, 0.05) is 6.20 Å². The molecule has 17 heavy (non-hydrogen) atoms. The van der Waals surface area contributed by atoms with Crippen LogP contribution in [0.2, 0.25) is 0 Å². The van der Waals surface area contributed by atoms with Gasteiger partial charge >= 0.3 is 5.97 Å². The molecule has 2 N–H and O–H groups in total. The predicted octanol–water partition coefficient (Wildman–Crippen LogP) is 1.55. The summed E-state index contributed by atoms with van der Waals surface area (Å²) in [6.07, 6.45) is 2.27.